The summed E-state index contributed by atoms with van der Waals surface area (Å²) in [4.78, 5) is 8.04. The molecule has 0 bridgehead atoms. The van der Waals surface area contributed by atoms with E-state index in [1.54, 1.807) is 18.2 Å². The Hall–Kier alpha value is -2.39. The summed E-state index contributed by atoms with van der Waals surface area (Å²) < 4.78 is 26.9. The first-order valence-corrected chi connectivity index (χ1v) is 7.48. The fraction of sp³-hybridized carbons (Fsp3) is 0.167. The lowest BCUT2D eigenvalue weighted by atomic mass is 10.1. The third-order valence-electron chi connectivity index (χ3n) is 3.25. The van der Waals surface area contributed by atoms with Gasteiger partial charge in [0.1, 0.15) is 5.82 Å². The van der Waals surface area contributed by atoms with Crippen LogP contribution >= 0.6 is 0 Å². The fourth-order valence-electron chi connectivity index (χ4n) is 2.25. The normalized spacial score (nSPS) is 12.5. The quantitative estimate of drug-likeness (QED) is 0.707. The van der Waals surface area contributed by atoms with E-state index in [0.717, 1.165) is 4.31 Å². The largest absolute Gasteiger partial charge is 0.383 e. The molecule has 0 atom stereocenters. The zero-order valence-electron chi connectivity index (χ0n) is 11.5. The maximum absolute atomic E-state index is 12.3. The highest BCUT2D eigenvalue weighted by molar-refractivity contribution is 7.87. The van der Waals surface area contributed by atoms with Gasteiger partial charge in [-0.05, 0) is 18.2 Å². The lowest BCUT2D eigenvalue weighted by Gasteiger charge is -2.13. The SMILES string of the molecule is CN(C)S(=O)(=O)n1ccc2c3c(N)nc(N)nc3ccc21. The van der Waals surface area contributed by atoms with Gasteiger partial charge in [0, 0.05) is 25.7 Å². The Labute approximate surface area is 121 Å². The van der Waals surface area contributed by atoms with E-state index in [-0.39, 0.29) is 11.8 Å². The van der Waals surface area contributed by atoms with Gasteiger partial charge in [-0.15, -0.1) is 0 Å². The standard InChI is InChI=1S/C12H14N6O2S/c1-17(2)21(19,20)18-6-5-7-9(18)4-3-8-10(7)11(13)16-12(14)15-8/h3-6H,1-2H3,(H4,13,14,15,16). The molecule has 0 aliphatic heterocycles. The van der Waals surface area contributed by atoms with Crippen LogP contribution in [-0.4, -0.2) is 40.8 Å². The second-order valence-electron chi connectivity index (χ2n) is 4.76. The molecule has 0 radical (unpaired) electrons. The Balaban J connectivity index is 2.43. The second-order valence-corrected chi connectivity index (χ2v) is 6.78. The lowest BCUT2D eigenvalue weighted by molar-refractivity contribution is 0.512. The molecule has 2 aromatic heterocycles. The molecule has 0 unspecified atom stereocenters. The molecule has 0 saturated carbocycles. The zero-order chi connectivity index (χ0) is 15.4. The van der Waals surface area contributed by atoms with Crippen molar-refractivity contribution in [2.45, 2.75) is 0 Å². The number of fused-ring (bicyclic) bond motifs is 3. The van der Waals surface area contributed by atoms with Gasteiger partial charge in [-0.25, -0.2) is 8.96 Å². The second kappa shape index (κ2) is 4.30. The molecular weight excluding hydrogens is 292 g/mol. The van der Waals surface area contributed by atoms with Crippen LogP contribution in [0.15, 0.2) is 24.4 Å². The number of benzene rings is 1. The highest BCUT2D eigenvalue weighted by atomic mass is 32.2. The van der Waals surface area contributed by atoms with Gasteiger partial charge >= 0.3 is 10.2 Å². The van der Waals surface area contributed by atoms with Gasteiger partial charge in [-0.3, -0.25) is 0 Å². The van der Waals surface area contributed by atoms with E-state index in [0.29, 0.717) is 21.8 Å². The van der Waals surface area contributed by atoms with Crippen molar-refractivity contribution in [2.75, 3.05) is 25.6 Å². The highest BCUT2D eigenvalue weighted by Crippen LogP contribution is 2.30. The fourth-order valence-corrected chi connectivity index (χ4v) is 3.22. The van der Waals surface area contributed by atoms with Crippen LogP contribution in [0.1, 0.15) is 0 Å². The van der Waals surface area contributed by atoms with Gasteiger partial charge < -0.3 is 11.5 Å². The summed E-state index contributed by atoms with van der Waals surface area (Å²) in [5.74, 6) is 0.308. The maximum atomic E-state index is 12.3. The Morgan fingerprint density at radius 1 is 1.14 bits per heavy atom. The Morgan fingerprint density at radius 2 is 1.86 bits per heavy atom. The molecule has 0 spiro atoms. The van der Waals surface area contributed by atoms with Crippen LogP contribution in [0.25, 0.3) is 21.8 Å². The van der Waals surface area contributed by atoms with Crippen LogP contribution in [0.2, 0.25) is 0 Å². The van der Waals surface area contributed by atoms with Gasteiger partial charge in [0.05, 0.1) is 16.4 Å². The van der Waals surface area contributed by atoms with Crippen LogP contribution in [0.4, 0.5) is 11.8 Å². The minimum atomic E-state index is -3.61. The summed E-state index contributed by atoms with van der Waals surface area (Å²) in [6.45, 7) is 0. The minimum absolute atomic E-state index is 0.0831. The van der Waals surface area contributed by atoms with Crippen LogP contribution in [0.3, 0.4) is 0 Å². The number of rotatable bonds is 2. The molecule has 0 aliphatic rings. The molecule has 21 heavy (non-hydrogen) atoms. The average molecular weight is 306 g/mol. The molecule has 0 amide bonds. The lowest BCUT2D eigenvalue weighted by Crippen LogP contribution is -2.28. The van der Waals surface area contributed by atoms with E-state index in [4.69, 9.17) is 11.5 Å². The summed E-state index contributed by atoms with van der Waals surface area (Å²) in [6.07, 6.45) is 1.48. The monoisotopic (exact) mass is 306 g/mol. The van der Waals surface area contributed by atoms with Crippen molar-refractivity contribution in [2.24, 2.45) is 0 Å². The number of anilines is 2. The molecule has 0 saturated heterocycles. The van der Waals surface area contributed by atoms with Gasteiger partial charge in [0.15, 0.2) is 0 Å². The highest BCUT2D eigenvalue weighted by Gasteiger charge is 2.20. The molecule has 3 rings (SSSR count). The number of nitrogens with two attached hydrogens (primary N) is 2. The number of aromatic nitrogens is 3. The van der Waals surface area contributed by atoms with Crippen molar-refractivity contribution < 1.29 is 8.42 Å². The molecule has 8 nitrogen and oxygen atoms in total. The van der Waals surface area contributed by atoms with Crippen LogP contribution < -0.4 is 11.5 Å². The van der Waals surface area contributed by atoms with E-state index >= 15 is 0 Å². The molecule has 0 fully saturated rings. The van der Waals surface area contributed by atoms with E-state index in [1.165, 1.54) is 24.3 Å². The predicted octanol–water partition coefficient (Wildman–Crippen LogP) is 0.403. The van der Waals surface area contributed by atoms with E-state index in [1.807, 2.05) is 0 Å². The summed E-state index contributed by atoms with van der Waals surface area (Å²) in [7, 11) is -0.661. The van der Waals surface area contributed by atoms with Crippen LogP contribution in [-0.2, 0) is 10.2 Å². The Bertz CT molecular complexity index is 961. The van der Waals surface area contributed by atoms with Crippen molar-refractivity contribution in [1.29, 1.82) is 0 Å². The summed E-state index contributed by atoms with van der Waals surface area (Å²) >= 11 is 0. The first-order chi connectivity index (χ1) is 9.82. The average Bonchev–Trinajstić information content (AvgIpc) is 2.81. The van der Waals surface area contributed by atoms with Gasteiger partial charge in [0.25, 0.3) is 0 Å². The van der Waals surface area contributed by atoms with Crippen LogP contribution in [0.5, 0.6) is 0 Å². The van der Waals surface area contributed by atoms with Gasteiger partial charge in [-0.2, -0.15) is 17.7 Å². The summed E-state index contributed by atoms with van der Waals surface area (Å²) in [5, 5.41) is 1.25. The first kappa shape index (κ1) is 13.6. The first-order valence-electron chi connectivity index (χ1n) is 6.08. The Morgan fingerprint density at radius 3 is 2.52 bits per heavy atom. The number of nitrogen functional groups attached to an aromatic ring is 2. The topological polar surface area (TPSA) is 120 Å². The van der Waals surface area contributed by atoms with Crippen molar-refractivity contribution >= 4 is 43.8 Å². The van der Waals surface area contributed by atoms with Gasteiger partial charge in [-0.1, -0.05) is 0 Å². The third-order valence-corrected chi connectivity index (χ3v) is 4.99. The molecule has 3 aromatic rings. The smallest absolute Gasteiger partial charge is 0.307 e. The van der Waals surface area contributed by atoms with E-state index in [9.17, 15) is 8.42 Å². The number of hydrogen-bond donors (Lipinski definition) is 2. The van der Waals surface area contributed by atoms with Gasteiger partial charge in [0.2, 0.25) is 5.95 Å². The van der Waals surface area contributed by atoms with Crippen molar-refractivity contribution in [1.82, 2.24) is 18.2 Å². The number of hydrogen-bond acceptors (Lipinski definition) is 6. The molecule has 1 aromatic carbocycles. The summed E-state index contributed by atoms with van der Waals surface area (Å²) in [5.41, 5.74) is 12.6. The molecule has 2 heterocycles. The number of nitrogens with zero attached hydrogens (tertiary/aromatic N) is 4. The van der Waals surface area contributed by atoms with Crippen molar-refractivity contribution in [3.8, 4) is 0 Å². The predicted molar refractivity (Wildman–Crippen MR) is 81.9 cm³/mol. The minimum Gasteiger partial charge on any atom is -0.383 e. The molecule has 110 valence electrons. The Kier molecular flexibility index (Phi) is 2.78. The molecule has 0 aliphatic carbocycles. The summed E-state index contributed by atoms with van der Waals surface area (Å²) in [6, 6.07) is 5.02. The van der Waals surface area contributed by atoms with Crippen LogP contribution in [0, 0.1) is 0 Å². The zero-order valence-corrected chi connectivity index (χ0v) is 12.3. The van der Waals surface area contributed by atoms with Crippen molar-refractivity contribution in [3.05, 3.63) is 24.4 Å². The van der Waals surface area contributed by atoms with E-state index < -0.39 is 10.2 Å². The molecule has 4 N–H and O–H groups in total. The third kappa shape index (κ3) is 1.89. The molecule has 9 heteroatoms. The molecular formula is C12H14N6O2S. The van der Waals surface area contributed by atoms with E-state index in [2.05, 4.69) is 9.97 Å². The van der Waals surface area contributed by atoms with Crippen molar-refractivity contribution in [3.63, 3.8) is 0 Å². The maximum Gasteiger partial charge on any atom is 0.307 e.